The van der Waals surface area contributed by atoms with E-state index in [9.17, 15) is 0 Å². The largest absolute Gasteiger partial charge is 0.398 e. The monoisotopic (exact) mass is 283 g/mol. The van der Waals surface area contributed by atoms with E-state index in [1.807, 2.05) is 54.7 Å². The Morgan fingerprint density at radius 3 is 2.55 bits per heavy atom. The lowest BCUT2D eigenvalue weighted by atomic mass is 10.1. The van der Waals surface area contributed by atoms with Crippen molar-refractivity contribution in [3.8, 4) is 11.4 Å². The van der Waals surface area contributed by atoms with Crippen LogP contribution >= 0.6 is 11.6 Å². The number of halogens is 1. The molecule has 0 fully saturated rings. The van der Waals surface area contributed by atoms with Crippen molar-refractivity contribution in [2.75, 3.05) is 5.73 Å². The lowest BCUT2D eigenvalue weighted by molar-refractivity contribution is 0.809. The third kappa shape index (κ3) is 2.53. The molecule has 0 saturated carbocycles. The molecule has 0 unspecified atom stereocenters. The van der Waals surface area contributed by atoms with Crippen LogP contribution in [-0.4, -0.2) is 9.55 Å². The number of nitrogens with zero attached hydrogens (tertiary/aromatic N) is 2. The third-order valence-corrected chi connectivity index (χ3v) is 3.47. The SMILES string of the molecule is Nc1ccccc1Cn1ccnc1-c1ccc(Cl)cc1. The maximum atomic E-state index is 5.99. The predicted octanol–water partition coefficient (Wildman–Crippen LogP) is 3.83. The molecule has 0 radical (unpaired) electrons. The molecule has 0 atom stereocenters. The summed E-state index contributed by atoms with van der Waals surface area (Å²) >= 11 is 5.92. The molecular formula is C16H14ClN3. The Morgan fingerprint density at radius 2 is 1.80 bits per heavy atom. The Bertz CT molecular complexity index is 717. The van der Waals surface area contributed by atoms with Crippen LogP contribution in [0.3, 0.4) is 0 Å². The molecule has 3 rings (SSSR count). The number of aromatic nitrogens is 2. The molecule has 2 aromatic carbocycles. The zero-order valence-electron chi connectivity index (χ0n) is 10.8. The van der Waals surface area contributed by atoms with Crippen molar-refractivity contribution in [1.29, 1.82) is 0 Å². The van der Waals surface area contributed by atoms with Gasteiger partial charge >= 0.3 is 0 Å². The summed E-state index contributed by atoms with van der Waals surface area (Å²) in [6.07, 6.45) is 3.75. The van der Waals surface area contributed by atoms with Gasteiger partial charge in [0.05, 0.1) is 6.54 Å². The fourth-order valence-corrected chi connectivity index (χ4v) is 2.28. The molecule has 2 N–H and O–H groups in total. The second-order valence-electron chi connectivity index (χ2n) is 4.58. The Labute approximate surface area is 122 Å². The number of para-hydroxylation sites is 1. The molecule has 0 bridgehead atoms. The van der Waals surface area contributed by atoms with Gasteiger partial charge in [-0.25, -0.2) is 4.98 Å². The molecule has 4 heteroatoms. The number of rotatable bonds is 3. The van der Waals surface area contributed by atoms with E-state index in [1.54, 1.807) is 6.20 Å². The maximum Gasteiger partial charge on any atom is 0.140 e. The average Bonchev–Trinajstić information content (AvgIpc) is 2.90. The Balaban J connectivity index is 1.95. The quantitative estimate of drug-likeness (QED) is 0.742. The number of hydrogen-bond acceptors (Lipinski definition) is 2. The first-order valence-corrected chi connectivity index (χ1v) is 6.72. The van der Waals surface area contributed by atoms with Gasteiger partial charge in [0.2, 0.25) is 0 Å². The Morgan fingerprint density at radius 1 is 1.05 bits per heavy atom. The van der Waals surface area contributed by atoms with E-state index in [4.69, 9.17) is 17.3 Å². The summed E-state index contributed by atoms with van der Waals surface area (Å²) in [5.74, 6) is 0.907. The normalized spacial score (nSPS) is 10.7. The van der Waals surface area contributed by atoms with Gasteiger partial charge in [-0.1, -0.05) is 29.8 Å². The lowest BCUT2D eigenvalue weighted by Gasteiger charge is -2.10. The van der Waals surface area contributed by atoms with E-state index in [0.29, 0.717) is 6.54 Å². The fraction of sp³-hybridized carbons (Fsp3) is 0.0625. The van der Waals surface area contributed by atoms with Crippen molar-refractivity contribution in [2.24, 2.45) is 0 Å². The molecule has 100 valence electrons. The minimum atomic E-state index is 0.699. The highest BCUT2D eigenvalue weighted by Gasteiger charge is 2.07. The summed E-state index contributed by atoms with van der Waals surface area (Å²) in [7, 11) is 0. The van der Waals surface area contributed by atoms with Gasteiger partial charge in [-0.2, -0.15) is 0 Å². The predicted molar refractivity (Wildman–Crippen MR) is 82.6 cm³/mol. The van der Waals surface area contributed by atoms with Crippen LogP contribution in [0.4, 0.5) is 5.69 Å². The second-order valence-corrected chi connectivity index (χ2v) is 5.02. The summed E-state index contributed by atoms with van der Waals surface area (Å²) < 4.78 is 2.08. The first kappa shape index (κ1) is 12.8. The molecule has 3 aromatic rings. The van der Waals surface area contributed by atoms with Crippen molar-refractivity contribution >= 4 is 17.3 Å². The van der Waals surface area contributed by atoms with Crippen molar-refractivity contribution in [2.45, 2.75) is 6.54 Å². The summed E-state index contributed by atoms with van der Waals surface area (Å²) in [5, 5.41) is 0.721. The molecule has 0 amide bonds. The molecule has 20 heavy (non-hydrogen) atoms. The second kappa shape index (κ2) is 5.39. The number of anilines is 1. The van der Waals surface area contributed by atoms with E-state index in [2.05, 4.69) is 9.55 Å². The topological polar surface area (TPSA) is 43.8 Å². The molecule has 0 aliphatic rings. The van der Waals surface area contributed by atoms with E-state index >= 15 is 0 Å². The third-order valence-electron chi connectivity index (χ3n) is 3.21. The smallest absolute Gasteiger partial charge is 0.140 e. The first-order valence-electron chi connectivity index (χ1n) is 6.34. The highest BCUT2D eigenvalue weighted by molar-refractivity contribution is 6.30. The van der Waals surface area contributed by atoms with Crippen molar-refractivity contribution in [3.05, 3.63) is 71.5 Å². The average molecular weight is 284 g/mol. The van der Waals surface area contributed by atoms with Gasteiger partial charge in [-0.15, -0.1) is 0 Å². The van der Waals surface area contributed by atoms with E-state index in [0.717, 1.165) is 27.7 Å². The Hall–Kier alpha value is -2.26. The highest BCUT2D eigenvalue weighted by atomic mass is 35.5. The molecule has 0 aliphatic heterocycles. The standard InChI is InChI=1S/C16H14ClN3/c17-14-7-5-12(6-8-14)16-19-9-10-20(16)11-13-3-1-2-4-15(13)18/h1-10H,11,18H2. The van der Waals surface area contributed by atoms with Gasteiger partial charge in [0.1, 0.15) is 5.82 Å². The highest BCUT2D eigenvalue weighted by Crippen LogP contribution is 2.22. The molecule has 0 aliphatic carbocycles. The number of nitrogens with two attached hydrogens (primary N) is 1. The van der Waals surface area contributed by atoms with Crippen molar-refractivity contribution < 1.29 is 0 Å². The van der Waals surface area contributed by atoms with Crippen LogP contribution in [0, 0.1) is 0 Å². The van der Waals surface area contributed by atoms with E-state index < -0.39 is 0 Å². The van der Waals surface area contributed by atoms with Crippen LogP contribution < -0.4 is 5.73 Å². The van der Waals surface area contributed by atoms with Crippen LogP contribution in [0.15, 0.2) is 60.9 Å². The number of hydrogen-bond donors (Lipinski definition) is 1. The summed E-state index contributed by atoms with van der Waals surface area (Å²) in [6, 6.07) is 15.5. The minimum absolute atomic E-state index is 0.699. The maximum absolute atomic E-state index is 5.99. The lowest BCUT2D eigenvalue weighted by Crippen LogP contribution is -2.03. The summed E-state index contributed by atoms with van der Waals surface area (Å²) in [6.45, 7) is 0.699. The zero-order valence-corrected chi connectivity index (χ0v) is 11.6. The molecule has 3 nitrogen and oxygen atoms in total. The van der Waals surface area contributed by atoms with Gasteiger partial charge in [0, 0.05) is 28.7 Å². The van der Waals surface area contributed by atoms with Crippen molar-refractivity contribution in [1.82, 2.24) is 9.55 Å². The van der Waals surface area contributed by atoms with Crippen LogP contribution in [0.25, 0.3) is 11.4 Å². The summed E-state index contributed by atoms with van der Waals surface area (Å²) in [5.41, 5.74) is 8.91. The number of imidazole rings is 1. The molecule has 0 spiro atoms. The summed E-state index contributed by atoms with van der Waals surface area (Å²) in [4.78, 5) is 4.42. The molecule has 1 aromatic heterocycles. The van der Waals surface area contributed by atoms with Crippen LogP contribution in [0.5, 0.6) is 0 Å². The molecule has 0 saturated heterocycles. The van der Waals surface area contributed by atoms with Gasteiger partial charge in [0.25, 0.3) is 0 Å². The van der Waals surface area contributed by atoms with Crippen LogP contribution in [0.2, 0.25) is 5.02 Å². The van der Waals surface area contributed by atoms with Crippen molar-refractivity contribution in [3.63, 3.8) is 0 Å². The molecular weight excluding hydrogens is 270 g/mol. The first-order chi connectivity index (χ1) is 9.74. The van der Waals surface area contributed by atoms with E-state index in [1.165, 1.54) is 0 Å². The number of benzene rings is 2. The van der Waals surface area contributed by atoms with E-state index in [-0.39, 0.29) is 0 Å². The van der Waals surface area contributed by atoms with Gasteiger partial charge in [0.15, 0.2) is 0 Å². The van der Waals surface area contributed by atoms with Gasteiger partial charge in [-0.05, 0) is 35.9 Å². The van der Waals surface area contributed by atoms with Gasteiger partial charge < -0.3 is 10.3 Å². The van der Waals surface area contributed by atoms with Crippen LogP contribution in [-0.2, 0) is 6.54 Å². The zero-order chi connectivity index (χ0) is 13.9. The minimum Gasteiger partial charge on any atom is -0.398 e. The Kier molecular flexibility index (Phi) is 3.44. The molecule has 1 heterocycles. The van der Waals surface area contributed by atoms with Crippen LogP contribution in [0.1, 0.15) is 5.56 Å². The van der Waals surface area contributed by atoms with Gasteiger partial charge in [-0.3, -0.25) is 0 Å². The fourth-order valence-electron chi connectivity index (χ4n) is 2.16. The number of nitrogen functional groups attached to an aromatic ring is 1.